The lowest BCUT2D eigenvalue weighted by molar-refractivity contribution is 0.125. The molecule has 0 amide bonds. The van der Waals surface area contributed by atoms with Crippen LogP contribution in [-0.2, 0) is 17.3 Å². The zero-order valence-corrected chi connectivity index (χ0v) is 19.5. The molecule has 0 N–H and O–H groups in total. The molecule has 0 spiro atoms. The molecule has 0 unspecified atom stereocenters. The maximum atomic E-state index is 4.76. The van der Waals surface area contributed by atoms with Gasteiger partial charge in [0.05, 0.1) is 5.69 Å². The molecule has 4 rings (SSSR count). The SMILES string of the molecule is CCc1nc(C)nc(-c2ccc(-c3ccc4c(c3)C(C)(C)C(C)(C)C4(C)C)nc2)n1. The molecular weight excluding hydrogens is 368 g/mol. The molecule has 4 nitrogen and oxygen atoms in total. The van der Waals surface area contributed by atoms with Gasteiger partial charge in [-0.05, 0) is 52.5 Å². The monoisotopic (exact) mass is 400 g/mol. The summed E-state index contributed by atoms with van der Waals surface area (Å²) < 4.78 is 0. The second-order valence-electron chi connectivity index (χ2n) is 10.0. The van der Waals surface area contributed by atoms with Gasteiger partial charge in [-0.3, -0.25) is 4.98 Å². The largest absolute Gasteiger partial charge is 0.255 e. The molecule has 1 aromatic carbocycles. The molecule has 30 heavy (non-hydrogen) atoms. The minimum Gasteiger partial charge on any atom is -0.255 e. The van der Waals surface area contributed by atoms with Gasteiger partial charge in [-0.1, -0.05) is 60.6 Å². The summed E-state index contributed by atoms with van der Waals surface area (Å²) in [5.41, 5.74) is 6.29. The lowest BCUT2D eigenvalue weighted by Crippen LogP contribution is -2.42. The summed E-state index contributed by atoms with van der Waals surface area (Å²) in [7, 11) is 0. The van der Waals surface area contributed by atoms with Gasteiger partial charge in [0.25, 0.3) is 0 Å². The van der Waals surface area contributed by atoms with Crippen LogP contribution < -0.4 is 0 Å². The van der Waals surface area contributed by atoms with E-state index in [-0.39, 0.29) is 16.2 Å². The highest BCUT2D eigenvalue weighted by molar-refractivity contribution is 5.66. The van der Waals surface area contributed by atoms with E-state index in [0.717, 1.165) is 34.9 Å². The first-order valence-electron chi connectivity index (χ1n) is 10.8. The topological polar surface area (TPSA) is 51.6 Å². The second kappa shape index (κ2) is 6.69. The summed E-state index contributed by atoms with van der Waals surface area (Å²) in [6.07, 6.45) is 2.66. The molecule has 2 heterocycles. The fourth-order valence-electron chi connectivity index (χ4n) is 4.74. The van der Waals surface area contributed by atoms with Gasteiger partial charge in [-0.15, -0.1) is 0 Å². The maximum Gasteiger partial charge on any atom is 0.164 e. The summed E-state index contributed by atoms with van der Waals surface area (Å²) in [5, 5.41) is 0. The van der Waals surface area contributed by atoms with E-state index >= 15 is 0 Å². The molecular formula is C26H32N4. The van der Waals surface area contributed by atoms with E-state index < -0.39 is 0 Å². The quantitative estimate of drug-likeness (QED) is 0.536. The standard InChI is InChI=1S/C26H32N4/c1-9-22-28-16(2)29-23(30-22)18-11-13-21(27-15-18)17-10-12-19-20(14-17)25(5,6)26(7,8)24(19,3)4/h10-15H,9H2,1-8H3. The van der Waals surface area contributed by atoms with Crippen LogP contribution in [0, 0.1) is 12.3 Å². The van der Waals surface area contributed by atoms with E-state index in [9.17, 15) is 0 Å². The smallest absolute Gasteiger partial charge is 0.164 e. The van der Waals surface area contributed by atoms with Crippen molar-refractivity contribution in [3.63, 3.8) is 0 Å². The number of aromatic nitrogens is 4. The highest BCUT2D eigenvalue weighted by Crippen LogP contribution is 2.61. The Hall–Kier alpha value is -2.62. The van der Waals surface area contributed by atoms with Crippen LogP contribution in [0.2, 0.25) is 0 Å². The Morgan fingerprint density at radius 3 is 2.07 bits per heavy atom. The molecule has 0 fully saturated rings. The van der Waals surface area contributed by atoms with E-state index in [1.165, 1.54) is 11.1 Å². The van der Waals surface area contributed by atoms with E-state index in [2.05, 4.69) is 93.7 Å². The van der Waals surface area contributed by atoms with E-state index in [4.69, 9.17) is 4.98 Å². The fourth-order valence-corrected chi connectivity index (χ4v) is 4.74. The summed E-state index contributed by atoms with van der Waals surface area (Å²) >= 11 is 0. The van der Waals surface area contributed by atoms with Crippen molar-refractivity contribution in [1.82, 2.24) is 19.9 Å². The predicted octanol–water partition coefficient (Wildman–Crippen LogP) is 6.07. The van der Waals surface area contributed by atoms with Crippen molar-refractivity contribution in [2.24, 2.45) is 5.41 Å². The highest BCUT2D eigenvalue weighted by atomic mass is 15.0. The minimum atomic E-state index is 0.0841. The maximum absolute atomic E-state index is 4.76. The average molecular weight is 401 g/mol. The molecule has 156 valence electrons. The van der Waals surface area contributed by atoms with Crippen LogP contribution >= 0.6 is 0 Å². The van der Waals surface area contributed by atoms with Crippen LogP contribution in [0.3, 0.4) is 0 Å². The van der Waals surface area contributed by atoms with Crippen molar-refractivity contribution in [2.75, 3.05) is 0 Å². The zero-order chi connectivity index (χ0) is 21.9. The number of hydrogen-bond donors (Lipinski definition) is 0. The summed E-state index contributed by atoms with van der Waals surface area (Å²) in [4.78, 5) is 18.2. The lowest BCUT2D eigenvalue weighted by Gasteiger charge is -2.44. The third-order valence-electron chi connectivity index (χ3n) is 7.92. The van der Waals surface area contributed by atoms with Crippen LogP contribution in [0.1, 0.15) is 71.2 Å². The van der Waals surface area contributed by atoms with E-state index in [0.29, 0.717) is 5.82 Å². The summed E-state index contributed by atoms with van der Waals surface area (Å²) in [6, 6.07) is 11.0. The van der Waals surface area contributed by atoms with Crippen molar-refractivity contribution >= 4 is 0 Å². The first kappa shape index (κ1) is 20.6. The van der Waals surface area contributed by atoms with Gasteiger partial charge in [0.15, 0.2) is 5.82 Å². The predicted molar refractivity (Wildman–Crippen MR) is 122 cm³/mol. The van der Waals surface area contributed by atoms with Crippen molar-refractivity contribution in [3.8, 4) is 22.6 Å². The molecule has 0 aliphatic heterocycles. The molecule has 2 aromatic heterocycles. The normalized spacial score (nSPS) is 18.3. The van der Waals surface area contributed by atoms with Crippen LogP contribution in [0.15, 0.2) is 36.5 Å². The number of aryl methyl sites for hydroxylation is 2. The summed E-state index contributed by atoms with van der Waals surface area (Å²) in [6.45, 7) is 18.2. The number of fused-ring (bicyclic) bond motifs is 1. The Labute approximate surface area is 180 Å². The molecule has 0 saturated heterocycles. The Morgan fingerprint density at radius 2 is 1.43 bits per heavy atom. The highest BCUT2D eigenvalue weighted by Gasteiger charge is 2.56. The van der Waals surface area contributed by atoms with Crippen LogP contribution in [0.4, 0.5) is 0 Å². The van der Waals surface area contributed by atoms with Gasteiger partial charge in [-0.25, -0.2) is 15.0 Å². The van der Waals surface area contributed by atoms with Crippen molar-refractivity contribution < 1.29 is 0 Å². The molecule has 3 aromatic rings. The minimum absolute atomic E-state index is 0.0841. The van der Waals surface area contributed by atoms with Crippen LogP contribution in [0.5, 0.6) is 0 Å². The molecule has 4 heteroatoms. The van der Waals surface area contributed by atoms with Gasteiger partial charge in [0.2, 0.25) is 0 Å². The molecule has 0 atom stereocenters. The Morgan fingerprint density at radius 1 is 0.767 bits per heavy atom. The fraction of sp³-hybridized carbons (Fsp3) is 0.462. The number of hydrogen-bond acceptors (Lipinski definition) is 4. The first-order chi connectivity index (χ1) is 14.0. The number of rotatable bonds is 3. The molecule has 0 saturated carbocycles. The summed E-state index contributed by atoms with van der Waals surface area (Å²) in [5.74, 6) is 2.25. The third kappa shape index (κ3) is 2.88. The zero-order valence-electron chi connectivity index (χ0n) is 19.5. The van der Waals surface area contributed by atoms with Crippen molar-refractivity contribution in [1.29, 1.82) is 0 Å². The number of benzene rings is 1. The molecule has 1 aliphatic rings. The van der Waals surface area contributed by atoms with Crippen LogP contribution in [-0.4, -0.2) is 19.9 Å². The Kier molecular flexibility index (Phi) is 4.61. The Bertz CT molecular complexity index is 1110. The van der Waals surface area contributed by atoms with Crippen molar-refractivity contribution in [3.05, 3.63) is 59.3 Å². The van der Waals surface area contributed by atoms with Gasteiger partial charge >= 0.3 is 0 Å². The molecule has 1 aliphatic carbocycles. The Balaban J connectivity index is 1.73. The number of pyridine rings is 1. The first-order valence-corrected chi connectivity index (χ1v) is 10.8. The number of nitrogens with zero attached hydrogens (tertiary/aromatic N) is 4. The van der Waals surface area contributed by atoms with Crippen molar-refractivity contribution in [2.45, 2.75) is 72.6 Å². The molecule has 0 bridgehead atoms. The van der Waals surface area contributed by atoms with E-state index in [1.54, 1.807) is 0 Å². The average Bonchev–Trinajstić information content (AvgIpc) is 2.82. The second-order valence-corrected chi connectivity index (χ2v) is 10.0. The van der Waals surface area contributed by atoms with E-state index in [1.807, 2.05) is 13.1 Å². The van der Waals surface area contributed by atoms with Crippen LogP contribution in [0.25, 0.3) is 22.6 Å². The van der Waals surface area contributed by atoms with Gasteiger partial charge in [0.1, 0.15) is 11.6 Å². The van der Waals surface area contributed by atoms with Gasteiger partial charge in [0, 0.05) is 23.7 Å². The molecule has 0 radical (unpaired) electrons. The lowest BCUT2D eigenvalue weighted by atomic mass is 9.59. The third-order valence-corrected chi connectivity index (χ3v) is 7.92. The van der Waals surface area contributed by atoms with Gasteiger partial charge < -0.3 is 0 Å². The van der Waals surface area contributed by atoms with Gasteiger partial charge in [-0.2, -0.15) is 0 Å².